The highest BCUT2D eigenvalue weighted by molar-refractivity contribution is 5.91. The molecule has 130 valence electrons. The molecule has 8 heteroatoms. The first-order valence-corrected chi connectivity index (χ1v) is 7.31. The van der Waals surface area contributed by atoms with Gasteiger partial charge in [0.2, 0.25) is 5.91 Å². The van der Waals surface area contributed by atoms with Crippen LogP contribution in [0.15, 0.2) is 18.2 Å². The highest BCUT2D eigenvalue weighted by Gasteiger charge is 2.19. The second kappa shape index (κ2) is 9.02. The van der Waals surface area contributed by atoms with Crippen molar-refractivity contribution in [1.82, 2.24) is 0 Å². The van der Waals surface area contributed by atoms with E-state index in [1.807, 2.05) is 4.90 Å². The lowest BCUT2D eigenvalue weighted by Gasteiger charge is -2.30. The van der Waals surface area contributed by atoms with Gasteiger partial charge < -0.3 is 25.4 Å². The number of carbonyl (C=O) groups excluding carboxylic acids is 1. The second-order valence-corrected chi connectivity index (χ2v) is 5.25. The molecule has 1 amide bonds. The number of carbonyl (C=O) groups is 1. The number of aliphatic hydroxyl groups excluding tert-OH is 1. The van der Waals surface area contributed by atoms with Gasteiger partial charge in [-0.15, -0.1) is 12.4 Å². The van der Waals surface area contributed by atoms with E-state index in [9.17, 15) is 14.3 Å². The number of hydrogen-bond acceptors (Lipinski definition) is 5. The smallest absolute Gasteiger partial charge is 0.223 e. The number of ether oxygens (including phenoxy) is 1. The average molecular weight is 348 g/mol. The third kappa shape index (κ3) is 5.04. The fourth-order valence-corrected chi connectivity index (χ4v) is 2.43. The summed E-state index contributed by atoms with van der Waals surface area (Å²) in [6.07, 6.45) is -0.842. The van der Waals surface area contributed by atoms with E-state index in [0.717, 1.165) is 0 Å². The lowest BCUT2D eigenvalue weighted by molar-refractivity contribution is -0.116. The first kappa shape index (κ1) is 19.6. The van der Waals surface area contributed by atoms with E-state index >= 15 is 0 Å². The zero-order valence-electron chi connectivity index (χ0n) is 13.1. The Labute approximate surface area is 141 Å². The Morgan fingerprint density at radius 3 is 2.65 bits per heavy atom. The molecule has 1 heterocycles. The molecule has 1 aromatic rings. The minimum atomic E-state index is -0.842. The molecule has 1 aliphatic heterocycles. The zero-order chi connectivity index (χ0) is 16.1. The largest absolute Gasteiger partial charge is 0.390 e. The van der Waals surface area contributed by atoms with Crippen LogP contribution >= 0.6 is 12.4 Å². The predicted molar refractivity (Wildman–Crippen MR) is 89.8 cm³/mol. The molecule has 0 saturated carbocycles. The Balaban J connectivity index is 0.00000264. The number of rotatable bonds is 5. The predicted octanol–water partition coefficient (Wildman–Crippen LogP) is 0.757. The van der Waals surface area contributed by atoms with Gasteiger partial charge in [-0.25, -0.2) is 4.39 Å². The molecule has 0 radical (unpaired) electrons. The summed E-state index contributed by atoms with van der Waals surface area (Å²) in [4.78, 5) is 15.0. The number of amides is 1. The first-order chi connectivity index (χ1) is 10.5. The van der Waals surface area contributed by atoms with E-state index in [4.69, 9.17) is 10.5 Å². The van der Waals surface area contributed by atoms with Crippen molar-refractivity contribution in [2.24, 2.45) is 5.73 Å². The summed E-state index contributed by atoms with van der Waals surface area (Å²) in [5.41, 5.74) is 6.28. The molecule has 23 heavy (non-hydrogen) atoms. The van der Waals surface area contributed by atoms with Gasteiger partial charge in [0.15, 0.2) is 0 Å². The number of halogens is 2. The van der Waals surface area contributed by atoms with Crippen LogP contribution in [0.25, 0.3) is 0 Å². The van der Waals surface area contributed by atoms with Gasteiger partial charge >= 0.3 is 0 Å². The van der Waals surface area contributed by atoms with Gasteiger partial charge in [-0.05, 0) is 18.2 Å². The van der Waals surface area contributed by atoms with Crippen LogP contribution in [0.3, 0.4) is 0 Å². The Kier molecular flexibility index (Phi) is 7.70. The van der Waals surface area contributed by atoms with Crippen LogP contribution < -0.4 is 15.5 Å². The molecule has 0 aromatic heterocycles. The Hall–Kier alpha value is -1.41. The van der Waals surface area contributed by atoms with Gasteiger partial charge in [-0.2, -0.15) is 0 Å². The van der Waals surface area contributed by atoms with Gasteiger partial charge in [-0.1, -0.05) is 0 Å². The van der Waals surface area contributed by atoms with Crippen molar-refractivity contribution in [3.8, 4) is 0 Å². The molecule has 1 unspecified atom stereocenters. The maximum absolute atomic E-state index is 14.4. The maximum Gasteiger partial charge on any atom is 0.223 e. The number of benzene rings is 1. The maximum atomic E-state index is 14.4. The first-order valence-electron chi connectivity index (χ1n) is 7.31. The van der Waals surface area contributed by atoms with E-state index < -0.39 is 11.9 Å². The SMILES string of the molecule is CC(=O)N(CC(O)CN)c1ccc(N2CCOCC2)c(F)c1.Cl. The van der Waals surface area contributed by atoms with Crippen LogP contribution in [0.4, 0.5) is 15.8 Å². The molecule has 1 aliphatic rings. The number of aliphatic hydroxyl groups is 1. The number of morpholine rings is 1. The van der Waals surface area contributed by atoms with Gasteiger partial charge in [0.05, 0.1) is 31.5 Å². The summed E-state index contributed by atoms with van der Waals surface area (Å²) in [7, 11) is 0. The molecule has 2 rings (SSSR count). The summed E-state index contributed by atoms with van der Waals surface area (Å²) in [5, 5.41) is 9.63. The van der Waals surface area contributed by atoms with Gasteiger partial charge in [0.25, 0.3) is 0 Å². The third-order valence-corrected chi connectivity index (χ3v) is 3.64. The van der Waals surface area contributed by atoms with Crippen molar-refractivity contribution >= 4 is 29.7 Å². The van der Waals surface area contributed by atoms with Crippen molar-refractivity contribution in [1.29, 1.82) is 0 Å². The Morgan fingerprint density at radius 1 is 1.48 bits per heavy atom. The molecule has 1 fully saturated rings. The molecule has 0 bridgehead atoms. The molecule has 1 saturated heterocycles. The fourth-order valence-electron chi connectivity index (χ4n) is 2.43. The van der Waals surface area contributed by atoms with Crippen molar-refractivity contribution in [3.05, 3.63) is 24.0 Å². The standard InChI is InChI=1S/C15H22FN3O3.ClH/c1-11(20)19(10-13(21)9-17)12-2-3-15(14(16)8-12)18-4-6-22-7-5-18;/h2-3,8,13,21H,4-7,9-10,17H2,1H3;1H. The van der Waals surface area contributed by atoms with Crippen LogP contribution in [0.2, 0.25) is 0 Å². The number of nitrogens with two attached hydrogens (primary N) is 1. The lowest BCUT2D eigenvalue weighted by Crippen LogP contribution is -2.39. The molecule has 0 aliphatic carbocycles. The number of anilines is 2. The molecule has 3 N–H and O–H groups in total. The number of nitrogens with zero attached hydrogens (tertiary/aromatic N) is 2. The minimum Gasteiger partial charge on any atom is -0.390 e. The van der Waals surface area contributed by atoms with Gasteiger partial charge in [0, 0.05) is 32.2 Å². The molecule has 6 nitrogen and oxygen atoms in total. The van der Waals surface area contributed by atoms with Crippen LogP contribution in [-0.2, 0) is 9.53 Å². The van der Waals surface area contributed by atoms with E-state index in [1.165, 1.54) is 17.9 Å². The number of hydrogen-bond donors (Lipinski definition) is 2. The molecule has 1 aromatic carbocycles. The molecular formula is C15H23ClFN3O3. The summed E-state index contributed by atoms with van der Waals surface area (Å²) >= 11 is 0. The van der Waals surface area contributed by atoms with Crippen molar-refractivity contribution in [3.63, 3.8) is 0 Å². The van der Waals surface area contributed by atoms with E-state index in [2.05, 4.69) is 0 Å². The monoisotopic (exact) mass is 347 g/mol. The van der Waals surface area contributed by atoms with E-state index in [-0.39, 0.29) is 31.4 Å². The summed E-state index contributed by atoms with van der Waals surface area (Å²) < 4.78 is 19.6. The van der Waals surface area contributed by atoms with Crippen molar-refractivity contribution in [2.75, 3.05) is 49.2 Å². The van der Waals surface area contributed by atoms with Crippen LogP contribution in [0, 0.1) is 5.82 Å². The van der Waals surface area contributed by atoms with E-state index in [1.54, 1.807) is 12.1 Å². The van der Waals surface area contributed by atoms with Crippen LogP contribution in [-0.4, -0.2) is 56.5 Å². The quantitative estimate of drug-likeness (QED) is 0.822. The molecular weight excluding hydrogens is 325 g/mol. The minimum absolute atomic E-state index is 0. The summed E-state index contributed by atoms with van der Waals surface area (Å²) in [6, 6.07) is 4.65. The van der Waals surface area contributed by atoms with E-state index in [0.29, 0.717) is 37.7 Å². The third-order valence-electron chi connectivity index (χ3n) is 3.64. The van der Waals surface area contributed by atoms with Crippen molar-refractivity contribution < 1.29 is 19.0 Å². The Bertz CT molecular complexity index is 527. The lowest BCUT2D eigenvalue weighted by atomic mass is 10.2. The Morgan fingerprint density at radius 2 is 2.13 bits per heavy atom. The summed E-state index contributed by atoms with van der Waals surface area (Å²) in [5.74, 6) is -0.668. The zero-order valence-corrected chi connectivity index (χ0v) is 13.9. The van der Waals surface area contributed by atoms with Gasteiger partial charge in [0.1, 0.15) is 5.82 Å². The van der Waals surface area contributed by atoms with Crippen LogP contribution in [0.1, 0.15) is 6.92 Å². The fraction of sp³-hybridized carbons (Fsp3) is 0.533. The average Bonchev–Trinajstić information content (AvgIpc) is 2.52. The highest BCUT2D eigenvalue weighted by atomic mass is 35.5. The molecule has 0 spiro atoms. The normalized spacial score (nSPS) is 15.7. The van der Waals surface area contributed by atoms with Crippen LogP contribution in [0.5, 0.6) is 0 Å². The topological polar surface area (TPSA) is 79.0 Å². The van der Waals surface area contributed by atoms with Gasteiger partial charge in [-0.3, -0.25) is 4.79 Å². The summed E-state index contributed by atoms with van der Waals surface area (Å²) in [6.45, 7) is 3.88. The second-order valence-electron chi connectivity index (χ2n) is 5.25. The highest BCUT2D eigenvalue weighted by Crippen LogP contribution is 2.26. The van der Waals surface area contributed by atoms with Crippen molar-refractivity contribution in [2.45, 2.75) is 13.0 Å². The molecule has 1 atom stereocenters.